The molecule has 0 bridgehead atoms. The van der Waals surface area contributed by atoms with E-state index in [1.54, 1.807) is 54.6 Å². The predicted molar refractivity (Wildman–Crippen MR) is 115 cm³/mol. The van der Waals surface area contributed by atoms with Crippen molar-refractivity contribution < 1.29 is 24.2 Å². The second-order valence-corrected chi connectivity index (χ2v) is 6.31. The Balaban J connectivity index is 2.05. The maximum Gasteiger partial charge on any atom is 0.213 e. The van der Waals surface area contributed by atoms with E-state index in [0.717, 1.165) is 0 Å². The summed E-state index contributed by atoms with van der Waals surface area (Å²) >= 11 is 0. The summed E-state index contributed by atoms with van der Waals surface area (Å²) in [7, 11) is 2.73. The van der Waals surface area contributed by atoms with E-state index >= 15 is 0 Å². The van der Waals surface area contributed by atoms with E-state index in [4.69, 9.17) is 9.47 Å². The molecular formula is C24H19N2O5-. The third-order valence-corrected chi connectivity index (χ3v) is 4.43. The van der Waals surface area contributed by atoms with Crippen LogP contribution in [0.1, 0.15) is 31.8 Å². The average molecular weight is 415 g/mol. The second kappa shape index (κ2) is 9.98. The van der Waals surface area contributed by atoms with Gasteiger partial charge in [-0.25, -0.2) is 0 Å². The highest BCUT2D eigenvalue weighted by Gasteiger charge is 2.17. The monoisotopic (exact) mass is 415 g/mol. The third-order valence-electron chi connectivity index (χ3n) is 4.43. The largest absolute Gasteiger partial charge is 0.545 e. The molecule has 0 saturated heterocycles. The molecule has 3 aromatic rings. The molecule has 0 fully saturated rings. The van der Waals surface area contributed by atoms with Crippen LogP contribution in [0.5, 0.6) is 11.5 Å². The summed E-state index contributed by atoms with van der Waals surface area (Å²) in [6.45, 7) is 0. The summed E-state index contributed by atoms with van der Waals surface area (Å²) in [5.74, 6) is -1.51. The number of carboxylic acid groups (broad SMARTS) is 1. The Morgan fingerprint density at radius 3 is 2.00 bits per heavy atom. The Morgan fingerprint density at radius 1 is 0.839 bits per heavy atom. The third kappa shape index (κ3) is 4.84. The van der Waals surface area contributed by atoms with Gasteiger partial charge in [0.1, 0.15) is 5.71 Å². The van der Waals surface area contributed by atoms with Crippen molar-refractivity contribution in [3.8, 4) is 11.5 Å². The zero-order valence-corrected chi connectivity index (χ0v) is 16.9. The van der Waals surface area contributed by atoms with Crippen LogP contribution in [0.25, 0.3) is 0 Å². The molecule has 0 aliphatic heterocycles. The molecule has 0 spiro atoms. The number of benzene rings is 3. The minimum atomic E-state index is -1.45. The second-order valence-electron chi connectivity index (χ2n) is 6.31. The number of aromatic carboxylic acids is 1. The van der Waals surface area contributed by atoms with Gasteiger partial charge < -0.3 is 19.4 Å². The quantitative estimate of drug-likeness (QED) is 0.320. The summed E-state index contributed by atoms with van der Waals surface area (Å²) in [4.78, 5) is 24.7. The van der Waals surface area contributed by atoms with Crippen LogP contribution in [0.2, 0.25) is 0 Å². The first-order valence-corrected chi connectivity index (χ1v) is 9.29. The fourth-order valence-corrected chi connectivity index (χ4v) is 2.97. The van der Waals surface area contributed by atoms with Gasteiger partial charge in [0.2, 0.25) is 5.78 Å². The molecule has 0 N–H and O–H groups in total. The normalized spacial score (nSPS) is 11.4. The highest BCUT2D eigenvalue weighted by Crippen LogP contribution is 2.32. The van der Waals surface area contributed by atoms with Gasteiger partial charge in [-0.15, -0.1) is 5.10 Å². The van der Waals surface area contributed by atoms with Gasteiger partial charge in [0.15, 0.2) is 11.5 Å². The molecule has 0 heterocycles. The fraction of sp³-hybridized carbons (Fsp3) is 0.0833. The first kappa shape index (κ1) is 21.4. The molecule has 156 valence electrons. The van der Waals surface area contributed by atoms with Crippen molar-refractivity contribution in [1.29, 1.82) is 0 Å². The first-order valence-electron chi connectivity index (χ1n) is 9.29. The summed E-state index contributed by atoms with van der Waals surface area (Å²) < 4.78 is 10.3. The van der Waals surface area contributed by atoms with Gasteiger partial charge in [-0.3, -0.25) is 4.79 Å². The molecule has 7 nitrogen and oxygen atoms in total. The lowest BCUT2D eigenvalue weighted by Crippen LogP contribution is -2.24. The van der Waals surface area contributed by atoms with Crippen LogP contribution in [-0.4, -0.2) is 37.9 Å². The number of carbonyl (C=O) groups excluding carboxylic acids is 2. The Labute approximate surface area is 179 Å². The van der Waals surface area contributed by atoms with Crippen molar-refractivity contribution in [3.05, 3.63) is 95.1 Å². The van der Waals surface area contributed by atoms with Gasteiger partial charge in [-0.2, -0.15) is 5.10 Å². The van der Waals surface area contributed by atoms with Crippen molar-refractivity contribution in [1.82, 2.24) is 0 Å². The summed E-state index contributed by atoms with van der Waals surface area (Å²) in [5.41, 5.74) is 1.14. The maximum absolute atomic E-state index is 13.0. The average Bonchev–Trinajstić information content (AvgIpc) is 2.81. The highest BCUT2D eigenvalue weighted by molar-refractivity contribution is 6.51. The van der Waals surface area contributed by atoms with Gasteiger partial charge in [0.05, 0.1) is 32.0 Å². The Morgan fingerprint density at radius 2 is 1.45 bits per heavy atom. The molecule has 3 aromatic carbocycles. The lowest BCUT2D eigenvalue weighted by Gasteiger charge is -2.15. The first-order chi connectivity index (χ1) is 15.1. The molecule has 0 atom stereocenters. The minimum absolute atomic E-state index is 0.0130. The molecule has 0 aliphatic carbocycles. The zero-order valence-electron chi connectivity index (χ0n) is 16.9. The minimum Gasteiger partial charge on any atom is -0.545 e. The lowest BCUT2D eigenvalue weighted by atomic mass is 10.0. The number of nitrogens with zero attached hydrogens (tertiary/aromatic N) is 2. The highest BCUT2D eigenvalue weighted by atomic mass is 16.5. The van der Waals surface area contributed by atoms with Gasteiger partial charge in [0, 0.05) is 16.7 Å². The maximum atomic E-state index is 13.0. The van der Waals surface area contributed by atoms with Gasteiger partial charge in [-0.05, 0) is 12.1 Å². The molecule has 31 heavy (non-hydrogen) atoms. The van der Waals surface area contributed by atoms with E-state index in [0.29, 0.717) is 11.1 Å². The van der Waals surface area contributed by atoms with Crippen molar-refractivity contribution in [2.75, 3.05) is 14.2 Å². The molecule has 0 aromatic heterocycles. The summed E-state index contributed by atoms with van der Waals surface area (Å²) in [6.07, 6.45) is 1.23. The Kier molecular flexibility index (Phi) is 6.90. The molecule has 0 amide bonds. The van der Waals surface area contributed by atoms with Crippen LogP contribution in [0.4, 0.5) is 0 Å². The van der Waals surface area contributed by atoms with Crippen molar-refractivity contribution in [2.24, 2.45) is 10.2 Å². The zero-order chi connectivity index (χ0) is 22.2. The number of carboxylic acids is 1. The number of hydrogen-bond donors (Lipinski definition) is 0. The molecule has 0 unspecified atom stereocenters. The number of rotatable bonds is 8. The number of carbonyl (C=O) groups is 2. The molecule has 0 saturated carbocycles. The van der Waals surface area contributed by atoms with Gasteiger partial charge in [-0.1, -0.05) is 60.7 Å². The van der Waals surface area contributed by atoms with Crippen LogP contribution in [0.15, 0.2) is 83.0 Å². The number of methoxy groups -OCH3 is 2. The number of ether oxygens (including phenoxy) is 2. The van der Waals surface area contributed by atoms with E-state index in [1.165, 1.54) is 26.5 Å². The summed E-state index contributed by atoms with van der Waals surface area (Å²) in [5, 5.41) is 19.8. The smallest absolute Gasteiger partial charge is 0.213 e. The predicted octanol–water partition coefficient (Wildman–Crippen LogP) is 2.77. The van der Waals surface area contributed by atoms with Crippen LogP contribution in [0.3, 0.4) is 0 Å². The topological polar surface area (TPSA) is 100 Å². The van der Waals surface area contributed by atoms with Crippen molar-refractivity contribution >= 4 is 23.7 Å². The van der Waals surface area contributed by atoms with E-state index in [9.17, 15) is 14.7 Å². The van der Waals surface area contributed by atoms with Crippen LogP contribution < -0.4 is 14.6 Å². The summed E-state index contributed by atoms with van der Waals surface area (Å²) in [6, 6.07) is 20.6. The van der Waals surface area contributed by atoms with Crippen LogP contribution >= 0.6 is 0 Å². The number of Topliss-reactive ketones (excluding diaryl/α,β-unsaturated/α-hetero) is 1. The SMILES string of the molecule is COc1ccc(/C=N\N=C(/C(=O)c2ccccc2)c2ccccc2)c(C(=O)[O-])c1OC. The van der Waals surface area contributed by atoms with Crippen molar-refractivity contribution in [3.63, 3.8) is 0 Å². The van der Waals surface area contributed by atoms with Crippen molar-refractivity contribution in [2.45, 2.75) is 0 Å². The Hall–Kier alpha value is -4.26. The van der Waals surface area contributed by atoms with Gasteiger partial charge >= 0.3 is 0 Å². The molecule has 0 aliphatic rings. The van der Waals surface area contributed by atoms with Gasteiger partial charge in [0.25, 0.3) is 0 Å². The number of hydrogen-bond acceptors (Lipinski definition) is 7. The van der Waals surface area contributed by atoms with E-state index in [1.807, 2.05) is 12.1 Å². The fourth-order valence-electron chi connectivity index (χ4n) is 2.97. The standard InChI is InChI=1S/C24H20N2O5/c1-30-19-14-13-18(20(24(28)29)23(19)31-2)15-25-26-21(16-9-5-3-6-10-16)22(27)17-11-7-4-8-12-17/h3-15H,1-2H3,(H,28,29)/p-1/b25-15-,26-21-. The number of ketones is 1. The van der Waals surface area contributed by atoms with Crippen LogP contribution in [-0.2, 0) is 0 Å². The van der Waals surface area contributed by atoms with E-state index in [2.05, 4.69) is 10.2 Å². The lowest BCUT2D eigenvalue weighted by molar-refractivity contribution is -0.255. The molecular weight excluding hydrogens is 396 g/mol. The van der Waals surface area contributed by atoms with E-state index in [-0.39, 0.29) is 34.1 Å². The molecule has 7 heteroatoms. The molecule has 0 radical (unpaired) electrons. The molecule has 3 rings (SSSR count). The van der Waals surface area contributed by atoms with Crippen LogP contribution in [0, 0.1) is 0 Å². The Bertz CT molecular complexity index is 1140. The van der Waals surface area contributed by atoms with E-state index < -0.39 is 5.97 Å².